The van der Waals surface area contributed by atoms with E-state index in [1.165, 1.54) is 0 Å². The van der Waals surface area contributed by atoms with Crippen molar-refractivity contribution in [3.05, 3.63) is 36.6 Å². The van der Waals surface area contributed by atoms with E-state index < -0.39 is 0 Å². The third-order valence-corrected chi connectivity index (χ3v) is 3.27. The van der Waals surface area contributed by atoms with E-state index in [1.54, 1.807) is 6.08 Å². The van der Waals surface area contributed by atoms with Crippen LogP contribution in [0, 0.1) is 0 Å². The van der Waals surface area contributed by atoms with Gasteiger partial charge < -0.3 is 14.4 Å². The number of ether oxygens (including phenoxy) is 2. The monoisotopic (exact) mass is 279 g/mol. The lowest BCUT2D eigenvalue weighted by atomic mass is 9.99. The second kappa shape index (κ2) is 8.59. The maximum atomic E-state index is 12.0. The van der Waals surface area contributed by atoms with Crippen molar-refractivity contribution in [2.45, 2.75) is 39.3 Å². The number of hydrogen-bond donors (Lipinski definition) is 0. The summed E-state index contributed by atoms with van der Waals surface area (Å²) in [5.41, 5.74) is 1.78. The van der Waals surface area contributed by atoms with Crippen LogP contribution in [-0.2, 0) is 14.3 Å². The van der Waals surface area contributed by atoms with E-state index in [9.17, 15) is 4.79 Å². The fraction of sp³-hybridized carbons (Fsp3) is 0.562. The Labute approximate surface area is 121 Å². The fourth-order valence-corrected chi connectivity index (χ4v) is 2.49. The van der Waals surface area contributed by atoms with Crippen LogP contribution >= 0.6 is 0 Å². The zero-order chi connectivity index (χ0) is 15.0. The summed E-state index contributed by atoms with van der Waals surface area (Å²) in [7, 11) is 0. The van der Waals surface area contributed by atoms with Crippen molar-refractivity contribution in [1.29, 1.82) is 0 Å². The molecule has 112 valence electrons. The first kappa shape index (κ1) is 16.5. The second-order valence-corrected chi connectivity index (χ2v) is 4.56. The van der Waals surface area contributed by atoms with E-state index >= 15 is 0 Å². The largest absolute Gasteiger partial charge is 0.463 e. The lowest BCUT2D eigenvalue weighted by Gasteiger charge is -2.39. The van der Waals surface area contributed by atoms with Crippen LogP contribution in [0.25, 0.3) is 0 Å². The van der Waals surface area contributed by atoms with E-state index in [0.717, 1.165) is 24.1 Å². The van der Waals surface area contributed by atoms with Crippen LogP contribution in [0.2, 0.25) is 0 Å². The van der Waals surface area contributed by atoms with Crippen LogP contribution in [-0.4, -0.2) is 36.9 Å². The Kier molecular flexibility index (Phi) is 7.09. The molecule has 1 atom stereocenters. The zero-order valence-corrected chi connectivity index (χ0v) is 12.6. The van der Waals surface area contributed by atoms with Crippen molar-refractivity contribution in [1.82, 2.24) is 4.90 Å². The molecule has 0 amide bonds. The van der Waals surface area contributed by atoms with Gasteiger partial charge in [0, 0.05) is 12.2 Å². The van der Waals surface area contributed by atoms with Crippen molar-refractivity contribution in [2.75, 3.05) is 19.8 Å². The van der Waals surface area contributed by atoms with Crippen molar-refractivity contribution < 1.29 is 14.3 Å². The number of nitrogens with zero attached hydrogens (tertiary/aromatic N) is 1. The van der Waals surface area contributed by atoms with Crippen molar-refractivity contribution in [3.8, 4) is 0 Å². The van der Waals surface area contributed by atoms with Crippen LogP contribution < -0.4 is 0 Å². The molecule has 20 heavy (non-hydrogen) atoms. The molecule has 0 aliphatic carbocycles. The zero-order valence-electron chi connectivity index (χ0n) is 12.6. The Bertz CT molecular complexity index is 387. The van der Waals surface area contributed by atoms with Gasteiger partial charge in [0.25, 0.3) is 0 Å². The minimum absolute atomic E-state index is 0.0286. The summed E-state index contributed by atoms with van der Waals surface area (Å²) in [5, 5.41) is 0. The average molecular weight is 279 g/mol. The van der Waals surface area contributed by atoms with Crippen LogP contribution in [0.5, 0.6) is 0 Å². The maximum absolute atomic E-state index is 12.0. The highest BCUT2D eigenvalue weighted by Crippen LogP contribution is 2.30. The molecular formula is C16H25NO3. The molecule has 0 saturated heterocycles. The summed E-state index contributed by atoms with van der Waals surface area (Å²) < 4.78 is 10.9. The van der Waals surface area contributed by atoms with Crippen molar-refractivity contribution >= 4 is 5.97 Å². The molecule has 1 heterocycles. The number of carbonyl (C=O) groups is 1. The molecule has 0 radical (unpaired) electrons. The molecular weight excluding hydrogens is 254 g/mol. The highest BCUT2D eigenvalue weighted by atomic mass is 16.5. The number of rotatable bonds is 8. The van der Waals surface area contributed by atoms with Gasteiger partial charge >= 0.3 is 5.97 Å². The summed E-state index contributed by atoms with van der Waals surface area (Å²) in [6.45, 7) is 12.9. The molecule has 0 fully saturated rings. The van der Waals surface area contributed by atoms with E-state index in [1.807, 2.05) is 19.9 Å². The lowest BCUT2D eigenvalue weighted by Crippen LogP contribution is -2.41. The third kappa shape index (κ3) is 3.97. The molecule has 1 aliphatic heterocycles. The highest BCUT2D eigenvalue weighted by molar-refractivity contribution is 5.89. The predicted octanol–water partition coefficient (Wildman–Crippen LogP) is 3.02. The molecule has 0 saturated carbocycles. The first-order chi connectivity index (χ1) is 9.69. The van der Waals surface area contributed by atoms with Crippen LogP contribution in [0.15, 0.2) is 36.6 Å². The molecule has 0 aromatic carbocycles. The predicted molar refractivity (Wildman–Crippen MR) is 80.0 cm³/mol. The molecule has 0 aromatic heterocycles. The number of hydrogen-bond acceptors (Lipinski definition) is 4. The maximum Gasteiger partial charge on any atom is 0.335 e. The van der Waals surface area contributed by atoms with Crippen molar-refractivity contribution in [2.24, 2.45) is 0 Å². The summed E-state index contributed by atoms with van der Waals surface area (Å²) in [5.74, 6) is -0.208. The number of esters is 1. The van der Waals surface area contributed by atoms with Gasteiger partial charge in [0.15, 0.2) is 0 Å². The summed E-state index contributed by atoms with van der Waals surface area (Å²) in [4.78, 5) is 14.2. The Balaban J connectivity index is 3.00. The SMILES string of the molecule is C=CCOC1CCC(C(=O)OCC)=C(CC)N1CC=C. The van der Waals surface area contributed by atoms with Gasteiger partial charge in [0.1, 0.15) is 6.23 Å². The quantitative estimate of drug-likeness (QED) is 0.506. The minimum atomic E-state index is -0.208. The van der Waals surface area contributed by atoms with E-state index in [0.29, 0.717) is 26.2 Å². The van der Waals surface area contributed by atoms with E-state index in [4.69, 9.17) is 9.47 Å². The molecule has 4 heteroatoms. The van der Waals surface area contributed by atoms with E-state index in [2.05, 4.69) is 18.1 Å². The van der Waals surface area contributed by atoms with Gasteiger partial charge in [0.05, 0.1) is 18.8 Å². The molecule has 0 aromatic rings. The van der Waals surface area contributed by atoms with Gasteiger partial charge in [-0.15, -0.1) is 13.2 Å². The molecule has 4 nitrogen and oxygen atoms in total. The van der Waals surface area contributed by atoms with Gasteiger partial charge in [-0.2, -0.15) is 0 Å². The summed E-state index contributed by atoms with van der Waals surface area (Å²) >= 11 is 0. The Hall–Kier alpha value is -1.55. The fourth-order valence-electron chi connectivity index (χ4n) is 2.49. The average Bonchev–Trinajstić information content (AvgIpc) is 2.45. The standard InChI is InChI=1S/C16H25NO3/c1-5-11-17-14(7-3)13(16(18)19-8-4)9-10-15(17)20-12-6-2/h5-6,15H,1-2,7-12H2,3-4H3. The Morgan fingerprint density at radius 3 is 2.70 bits per heavy atom. The smallest absolute Gasteiger partial charge is 0.335 e. The molecule has 1 rings (SSSR count). The third-order valence-electron chi connectivity index (χ3n) is 3.27. The minimum Gasteiger partial charge on any atom is -0.463 e. The summed E-state index contributed by atoms with van der Waals surface area (Å²) in [6.07, 6.45) is 5.78. The number of allylic oxidation sites excluding steroid dienone is 1. The molecule has 0 N–H and O–H groups in total. The first-order valence-corrected chi connectivity index (χ1v) is 7.18. The van der Waals surface area contributed by atoms with Crippen LogP contribution in [0.4, 0.5) is 0 Å². The second-order valence-electron chi connectivity index (χ2n) is 4.56. The van der Waals surface area contributed by atoms with Gasteiger partial charge in [-0.3, -0.25) is 0 Å². The Morgan fingerprint density at radius 2 is 2.15 bits per heavy atom. The summed E-state index contributed by atoms with van der Waals surface area (Å²) in [6, 6.07) is 0. The molecule has 1 aliphatic rings. The van der Waals surface area contributed by atoms with Gasteiger partial charge in [-0.1, -0.05) is 19.1 Å². The normalized spacial score (nSPS) is 18.9. The Morgan fingerprint density at radius 1 is 1.40 bits per heavy atom. The van der Waals surface area contributed by atoms with Gasteiger partial charge in [-0.25, -0.2) is 4.79 Å². The van der Waals surface area contributed by atoms with Crippen molar-refractivity contribution in [3.63, 3.8) is 0 Å². The van der Waals surface area contributed by atoms with Gasteiger partial charge in [0.2, 0.25) is 0 Å². The molecule has 1 unspecified atom stereocenters. The topological polar surface area (TPSA) is 38.8 Å². The molecule has 0 bridgehead atoms. The van der Waals surface area contributed by atoms with Gasteiger partial charge in [-0.05, 0) is 26.2 Å². The van der Waals surface area contributed by atoms with E-state index in [-0.39, 0.29) is 12.2 Å². The molecule has 0 spiro atoms. The van der Waals surface area contributed by atoms with Crippen LogP contribution in [0.1, 0.15) is 33.1 Å². The first-order valence-electron chi connectivity index (χ1n) is 7.18. The number of carbonyl (C=O) groups excluding carboxylic acids is 1. The highest BCUT2D eigenvalue weighted by Gasteiger charge is 2.30. The lowest BCUT2D eigenvalue weighted by molar-refractivity contribution is -0.139. The van der Waals surface area contributed by atoms with Crippen LogP contribution in [0.3, 0.4) is 0 Å².